The van der Waals surface area contributed by atoms with Gasteiger partial charge in [0.05, 0.1) is 26.2 Å². The Kier molecular flexibility index (Phi) is 5.39. The van der Waals surface area contributed by atoms with Crippen LogP contribution in [0.1, 0.15) is 16.7 Å². The van der Waals surface area contributed by atoms with Crippen LogP contribution in [0.4, 0.5) is 11.4 Å². The fraction of sp³-hybridized carbons (Fsp3) is 0.381. The Bertz CT molecular complexity index is 749. The summed E-state index contributed by atoms with van der Waals surface area (Å²) in [5, 5.41) is 3.04. The largest absolute Gasteiger partial charge is 0.360 e. The molecule has 1 fully saturated rings. The molecule has 1 amide bonds. The van der Waals surface area contributed by atoms with Crippen LogP contribution in [0.5, 0.6) is 0 Å². The predicted molar refractivity (Wildman–Crippen MR) is 104 cm³/mol. The van der Waals surface area contributed by atoms with Crippen molar-refractivity contribution >= 4 is 17.3 Å². The van der Waals surface area contributed by atoms with Gasteiger partial charge in [0.25, 0.3) is 5.91 Å². The van der Waals surface area contributed by atoms with Gasteiger partial charge in [0.2, 0.25) is 0 Å². The second kappa shape index (κ2) is 7.70. The topological polar surface area (TPSA) is 36.8 Å². The fourth-order valence-electron chi connectivity index (χ4n) is 3.45. The van der Waals surface area contributed by atoms with Gasteiger partial charge in [-0.15, -0.1) is 0 Å². The second-order valence-electron chi connectivity index (χ2n) is 7.00. The van der Waals surface area contributed by atoms with Gasteiger partial charge in [0, 0.05) is 11.4 Å². The van der Waals surface area contributed by atoms with Crippen molar-refractivity contribution in [1.82, 2.24) is 0 Å². The molecule has 0 unspecified atom stereocenters. The van der Waals surface area contributed by atoms with Crippen LogP contribution in [-0.4, -0.2) is 38.6 Å². The molecule has 1 aliphatic heterocycles. The van der Waals surface area contributed by atoms with Crippen molar-refractivity contribution in [1.29, 1.82) is 0 Å². The highest BCUT2D eigenvalue weighted by atomic mass is 16.2. The monoisotopic (exact) mass is 338 g/mol. The summed E-state index contributed by atoms with van der Waals surface area (Å²) in [6, 6.07) is 14.4. The highest BCUT2D eigenvalue weighted by Crippen LogP contribution is 2.22. The van der Waals surface area contributed by atoms with E-state index in [0.717, 1.165) is 37.4 Å². The molecule has 0 atom stereocenters. The number of quaternary nitrogens is 1. The summed E-state index contributed by atoms with van der Waals surface area (Å²) < 4.78 is 0. The Labute approximate surface area is 150 Å². The zero-order chi connectivity index (χ0) is 17.8. The van der Waals surface area contributed by atoms with E-state index >= 15 is 0 Å². The Morgan fingerprint density at radius 1 is 1.00 bits per heavy atom. The van der Waals surface area contributed by atoms with Crippen LogP contribution in [0.15, 0.2) is 42.5 Å². The number of piperazine rings is 1. The molecule has 2 aromatic carbocycles. The van der Waals surface area contributed by atoms with Crippen molar-refractivity contribution in [3.05, 3.63) is 59.2 Å². The van der Waals surface area contributed by atoms with Crippen LogP contribution < -0.4 is 15.1 Å². The molecule has 3 rings (SSSR count). The highest BCUT2D eigenvalue weighted by Gasteiger charge is 2.23. The van der Waals surface area contributed by atoms with E-state index in [9.17, 15) is 4.79 Å². The van der Waals surface area contributed by atoms with Gasteiger partial charge in [0.15, 0.2) is 6.54 Å². The van der Waals surface area contributed by atoms with Crippen LogP contribution in [0.2, 0.25) is 0 Å². The van der Waals surface area contributed by atoms with E-state index in [0.29, 0.717) is 6.54 Å². The summed E-state index contributed by atoms with van der Waals surface area (Å²) in [5.74, 6) is 0.101. The minimum absolute atomic E-state index is 0.101. The smallest absolute Gasteiger partial charge is 0.279 e. The molecule has 0 bridgehead atoms. The maximum atomic E-state index is 12.3. The number of para-hydroxylation sites is 1. The third-order valence-corrected chi connectivity index (χ3v) is 5.22. The maximum absolute atomic E-state index is 12.3. The maximum Gasteiger partial charge on any atom is 0.279 e. The molecule has 4 nitrogen and oxygen atoms in total. The molecule has 0 aromatic heterocycles. The molecule has 4 heteroatoms. The first-order valence-corrected chi connectivity index (χ1v) is 9.05. The molecule has 0 aliphatic carbocycles. The summed E-state index contributed by atoms with van der Waals surface area (Å²) in [6.07, 6.45) is 0. The number of hydrogen-bond acceptors (Lipinski definition) is 2. The standard InChI is InChI=1S/C21H27N3O/c1-16-8-6-10-20(18(16)3)24-13-11-23(12-14-24)15-21(25)22-19-9-5-4-7-17(19)2/h4-10H,11-15H2,1-3H3,(H,22,25)/p+1. The molecule has 2 aromatic rings. The molecule has 0 spiro atoms. The summed E-state index contributed by atoms with van der Waals surface area (Å²) in [7, 11) is 0. The van der Waals surface area contributed by atoms with Crippen LogP contribution in [-0.2, 0) is 4.79 Å². The van der Waals surface area contributed by atoms with Crippen molar-refractivity contribution in [2.45, 2.75) is 20.8 Å². The molecule has 1 saturated heterocycles. The molecule has 132 valence electrons. The molecule has 0 saturated carbocycles. The van der Waals surface area contributed by atoms with Crippen molar-refractivity contribution in [3.8, 4) is 0 Å². The summed E-state index contributed by atoms with van der Waals surface area (Å²) in [6.45, 7) is 10.9. The van der Waals surface area contributed by atoms with Crippen molar-refractivity contribution in [2.75, 3.05) is 42.9 Å². The first-order chi connectivity index (χ1) is 12.0. The Hall–Kier alpha value is -2.33. The van der Waals surface area contributed by atoms with E-state index < -0.39 is 0 Å². The highest BCUT2D eigenvalue weighted by molar-refractivity contribution is 5.92. The Morgan fingerprint density at radius 2 is 1.68 bits per heavy atom. The Balaban J connectivity index is 1.53. The molecular formula is C21H28N3O+. The second-order valence-corrected chi connectivity index (χ2v) is 7.00. The van der Waals surface area contributed by atoms with Gasteiger partial charge < -0.3 is 15.1 Å². The number of anilines is 2. The van der Waals surface area contributed by atoms with Crippen LogP contribution in [0, 0.1) is 20.8 Å². The molecule has 2 N–H and O–H groups in total. The lowest BCUT2D eigenvalue weighted by Gasteiger charge is -2.34. The van der Waals surface area contributed by atoms with Gasteiger partial charge in [0.1, 0.15) is 0 Å². The van der Waals surface area contributed by atoms with Gasteiger partial charge in [-0.2, -0.15) is 0 Å². The normalized spacial score (nSPS) is 15.2. The SMILES string of the molecule is Cc1ccccc1NC(=O)C[NH+]1CCN(c2cccc(C)c2C)CC1. The number of nitrogens with zero attached hydrogens (tertiary/aromatic N) is 1. The van der Waals surface area contributed by atoms with Crippen molar-refractivity contribution in [2.24, 2.45) is 0 Å². The number of rotatable bonds is 4. The van der Waals surface area contributed by atoms with Crippen LogP contribution in [0.25, 0.3) is 0 Å². The van der Waals surface area contributed by atoms with E-state index in [2.05, 4.69) is 42.3 Å². The summed E-state index contributed by atoms with van der Waals surface area (Å²) in [4.78, 5) is 16.1. The van der Waals surface area contributed by atoms with E-state index in [1.165, 1.54) is 21.7 Å². The average molecular weight is 338 g/mol. The lowest BCUT2D eigenvalue weighted by Crippen LogP contribution is -3.15. The van der Waals surface area contributed by atoms with Crippen LogP contribution in [0.3, 0.4) is 0 Å². The number of aryl methyl sites for hydroxylation is 2. The fourth-order valence-corrected chi connectivity index (χ4v) is 3.45. The lowest BCUT2D eigenvalue weighted by molar-refractivity contribution is -0.892. The predicted octanol–water partition coefficient (Wildman–Crippen LogP) is 1.96. The lowest BCUT2D eigenvalue weighted by atomic mass is 10.1. The average Bonchev–Trinajstić information content (AvgIpc) is 2.60. The molecule has 1 aliphatic rings. The number of carbonyl (C=O) groups excluding carboxylic acids is 1. The van der Waals surface area contributed by atoms with Gasteiger partial charge >= 0.3 is 0 Å². The van der Waals surface area contributed by atoms with E-state index in [1.807, 2.05) is 31.2 Å². The van der Waals surface area contributed by atoms with Crippen molar-refractivity contribution < 1.29 is 9.69 Å². The molecule has 0 radical (unpaired) electrons. The van der Waals surface area contributed by atoms with Crippen LogP contribution >= 0.6 is 0 Å². The minimum atomic E-state index is 0.101. The summed E-state index contributed by atoms with van der Waals surface area (Å²) in [5.41, 5.74) is 6.06. The first kappa shape index (κ1) is 17.5. The van der Waals surface area contributed by atoms with Crippen molar-refractivity contribution in [3.63, 3.8) is 0 Å². The zero-order valence-corrected chi connectivity index (χ0v) is 15.4. The zero-order valence-electron chi connectivity index (χ0n) is 15.4. The van der Waals surface area contributed by atoms with Gasteiger partial charge in [-0.3, -0.25) is 4.79 Å². The third-order valence-electron chi connectivity index (χ3n) is 5.22. The van der Waals surface area contributed by atoms with E-state index in [-0.39, 0.29) is 5.91 Å². The minimum Gasteiger partial charge on any atom is -0.360 e. The molecule has 25 heavy (non-hydrogen) atoms. The van der Waals surface area contributed by atoms with E-state index in [4.69, 9.17) is 0 Å². The number of amides is 1. The quantitative estimate of drug-likeness (QED) is 0.894. The number of nitrogens with one attached hydrogen (secondary N) is 2. The van der Waals surface area contributed by atoms with Gasteiger partial charge in [-0.25, -0.2) is 0 Å². The number of carbonyl (C=O) groups is 1. The van der Waals surface area contributed by atoms with Gasteiger partial charge in [-0.1, -0.05) is 30.3 Å². The van der Waals surface area contributed by atoms with E-state index in [1.54, 1.807) is 0 Å². The first-order valence-electron chi connectivity index (χ1n) is 9.05. The number of benzene rings is 2. The Morgan fingerprint density at radius 3 is 2.40 bits per heavy atom. The summed E-state index contributed by atoms with van der Waals surface area (Å²) >= 11 is 0. The van der Waals surface area contributed by atoms with Gasteiger partial charge in [-0.05, 0) is 49.6 Å². The molecule has 1 heterocycles. The molecular weight excluding hydrogens is 310 g/mol. The number of hydrogen-bond donors (Lipinski definition) is 2. The third kappa shape index (κ3) is 4.20.